The van der Waals surface area contributed by atoms with E-state index in [1.165, 1.54) is 17.8 Å². The van der Waals surface area contributed by atoms with Crippen LogP contribution in [0.25, 0.3) is 0 Å². The molecule has 0 aliphatic rings. The molecule has 0 spiro atoms. The molecule has 0 saturated heterocycles. The predicted octanol–water partition coefficient (Wildman–Crippen LogP) is 4.99. The van der Waals surface area contributed by atoms with E-state index >= 15 is 0 Å². The molecule has 0 heterocycles. The standard InChI is InChI=1S/C14H12BrClFNOS/c15-11-7-9(16)1-4-14(11)19-5-6-20-10-2-3-13(18)12(17)8-10/h1-4,7-8H,5-6,18H2. The van der Waals surface area contributed by atoms with Gasteiger partial charge in [-0.2, -0.15) is 0 Å². The number of ether oxygens (including phenoxy) is 1. The van der Waals surface area contributed by atoms with Crippen molar-refractivity contribution < 1.29 is 9.13 Å². The molecular formula is C14H12BrClFNOS. The van der Waals surface area contributed by atoms with Crippen LogP contribution in [-0.2, 0) is 0 Å². The first-order valence-electron chi connectivity index (χ1n) is 5.82. The van der Waals surface area contributed by atoms with E-state index in [4.69, 9.17) is 22.1 Å². The van der Waals surface area contributed by atoms with Gasteiger partial charge in [-0.15, -0.1) is 11.8 Å². The quantitative estimate of drug-likeness (QED) is 0.453. The molecule has 106 valence electrons. The highest BCUT2D eigenvalue weighted by molar-refractivity contribution is 9.10. The van der Waals surface area contributed by atoms with Crippen molar-refractivity contribution in [2.75, 3.05) is 18.1 Å². The van der Waals surface area contributed by atoms with E-state index in [0.29, 0.717) is 17.4 Å². The molecule has 2 rings (SSSR count). The van der Waals surface area contributed by atoms with Gasteiger partial charge in [0, 0.05) is 15.7 Å². The highest BCUT2D eigenvalue weighted by atomic mass is 79.9. The first-order chi connectivity index (χ1) is 9.56. The molecule has 2 aromatic carbocycles. The van der Waals surface area contributed by atoms with Crippen LogP contribution in [0.4, 0.5) is 10.1 Å². The number of nitrogens with two attached hydrogens (primary N) is 1. The van der Waals surface area contributed by atoms with Gasteiger partial charge in [0.1, 0.15) is 11.6 Å². The summed E-state index contributed by atoms with van der Waals surface area (Å²) in [5.74, 6) is 1.05. The van der Waals surface area contributed by atoms with Crippen LogP contribution in [0.2, 0.25) is 5.02 Å². The maximum Gasteiger partial charge on any atom is 0.147 e. The molecule has 0 bridgehead atoms. The number of halogens is 3. The zero-order valence-electron chi connectivity index (χ0n) is 10.4. The smallest absolute Gasteiger partial charge is 0.147 e. The van der Waals surface area contributed by atoms with Crippen molar-refractivity contribution in [1.29, 1.82) is 0 Å². The zero-order valence-corrected chi connectivity index (χ0v) is 13.6. The van der Waals surface area contributed by atoms with Crippen LogP contribution in [-0.4, -0.2) is 12.4 Å². The van der Waals surface area contributed by atoms with Crippen LogP contribution in [0.1, 0.15) is 0 Å². The van der Waals surface area contributed by atoms with Crippen molar-refractivity contribution in [3.05, 3.63) is 51.7 Å². The second-order valence-corrected chi connectivity index (χ2v) is 6.41. The van der Waals surface area contributed by atoms with Crippen molar-refractivity contribution in [2.45, 2.75) is 4.90 Å². The van der Waals surface area contributed by atoms with Crippen LogP contribution in [0.3, 0.4) is 0 Å². The second-order valence-electron chi connectivity index (χ2n) is 3.95. The fourth-order valence-corrected chi connectivity index (χ4v) is 3.05. The van der Waals surface area contributed by atoms with Crippen molar-refractivity contribution in [2.24, 2.45) is 0 Å². The fraction of sp³-hybridized carbons (Fsp3) is 0.143. The largest absolute Gasteiger partial charge is 0.492 e. The number of anilines is 1. The van der Waals surface area contributed by atoms with E-state index in [2.05, 4.69) is 15.9 Å². The molecule has 2 aromatic rings. The first kappa shape index (κ1) is 15.5. The second kappa shape index (κ2) is 7.20. The van der Waals surface area contributed by atoms with Gasteiger partial charge >= 0.3 is 0 Å². The lowest BCUT2D eigenvalue weighted by molar-refractivity contribution is 0.342. The third-order valence-electron chi connectivity index (χ3n) is 2.48. The Balaban J connectivity index is 1.82. The highest BCUT2D eigenvalue weighted by Crippen LogP contribution is 2.28. The summed E-state index contributed by atoms with van der Waals surface area (Å²) < 4.78 is 19.7. The summed E-state index contributed by atoms with van der Waals surface area (Å²) in [6.07, 6.45) is 0. The molecule has 0 unspecified atom stereocenters. The van der Waals surface area contributed by atoms with Crippen molar-refractivity contribution in [1.82, 2.24) is 0 Å². The Morgan fingerprint density at radius 3 is 2.75 bits per heavy atom. The minimum atomic E-state index is -0.392. The third kappa shape index (κ3) is 4.30. The summed E-state index contributed by atoms with van der Waals surface area (Å²) in [7, 11) is 0. The molecule has 6 heteroatoms. The molecule has 0 aromatic heterocycles. The van der Waals surface area contributed by atoms with Gasteiger partial charge < -0.3 is 10.5 Å². The lowest BCUT2D eigenvalue weighted by atomic mass is 10.3. The van der Waals surface area contributed by atoms with Crippen LogP contribution in [0.5, 0.6) is 5.75 Å². The van der Waals surface area contributed by atoms with E-state index in [1.807, 2.05) is 0 Å². The lowest BCUT2D eigenvalue weighted by Gasteiger charge is -2.08. The maximum atomic E-state index is 13.3. The Bertz CT molecular complexity index is 612. The van der Waals surface area contributed by atoms with Gasteiger partial charge in [-0.05, 0) is 52.3 Å². The van der Waals surface area contributed by atoms with Crippen molar-refractivity contribution >= 4 is 45.0 Å². The third-order valence-corrected chi connectivity index (χ3v) is 4.29. The maximum absolute atomic E-state index is 13.3. The van der Waals surface area contributed by atoms with Crippen LogP contribution >= 0.6 is 39.3 Å². The average Bonchev–Trinajstić information content (AvgIpc) is 2.40. The molecule has 0 saturated carbocycles. The molecule has 0 atom stereocenters. The van der Waals surface area contributed by atoms with Crippen molar-refractivity contribution in [3.63, 3.8) is 0 Å². The average molecular weight is 377 g/mol. The first-order valence-corrected chi connectivity index (χ1v) is 7.97. The highest BCUT2D eigenvalue weighted by Gasteiger charge is 2.03. The van der Waals surface area contributed by atoms with E-state index in [1.54, 1.807) is 30.3 Å². The fourth-order valence-electron chi connectivity index (χ4n) is 1.50. The van der Waals surface area contributed by atoms with Gasteiger partial charge in [-0.3, -0.25) is 0 Å². The molecular weight excluding hydrogens is 365 g/mol. The molecule has 0 radical (unpaired) electrons. The summed E-state index contributed by atoms with van der Waals surface area (Å²) in [5, 5.41) is 0.649. The van der Waals surface area contributed by atoms with E-state index in [9.17, 15) is 4.39 Å². The number of hydrogen-bond acceptors (Lipinski definition) is 3. The van der Waals surface area contributed by atoms with Gasteiger partial charge in [0.25, 0.3) is 0 Å². The van der Waals surface area contributed by atoms with Gasteiger partial charge in [-0.1, -0.05) is 11.6 Å². The molecule has 0 aliphatic heterocycles. The topological polar surface area (TPSA) is 35.2 Å². The predicted molar refractivity (Wildman–Crippen MR) is 86.2 cm³/mol. The number of hydrogen-bond donors (Lipinski definition) is 1. The molecule has 0 fully saturated rings. The number of rotatable bonds is 5. The lowest BCUT2D eigenvalue weighted by Crippen LogP contribution is -2.00. The van der Waals surface area contributed by atoms with Crippen LogP contribution in [0.15, 0.2) is 45.8 Å². The Hall–Kier alpha value is -0.910. The van der Waals surface area contributed by atoms with Crippen molar-refractivity contribution in [3.8, 4) is 5.75 Å². The number of benzene rings is 2. The molecule has 2 nitrogen and oxygen atoms in total. The molecule has 20 heavy (non-hydrogen) atoms. The normalized spacial score (nSPS) is 10.6. The van der Waals surface area contributed by atoms with Gasteiger partial charge in [0.05, 0.1) is 16.8 Å². The summed E-state index contributed by atoms with van der Waals surface area (Å²) >= 11 is 10.7. The summed E-state index contributed by atoms with van der Waals surface area (Å²) in [4.78, 5) is 0.829. The number of nitrogen functional groups attached to an aromatic ring is 1. The Labute approximate surface area is 134 Å². The van der Waals surface area contributed by atoms with Crippen LogP contribution in [0, 0.1) is 5.82 Å². The molecule has 0 aliphatic carbocycles. The zero-order chi connectivity index (χ0) is 14.5. The molecule has 0 amide bonds. The summed E-state index contributed by atoms with van der Waals surface area (Å²) in [6, 6.07) is 10.1. The number of thioether (sulfide) groups is 1. The minimum absolute atomic E-state index is 0.163. The van der Waals surface area contributed by atoms with E-state index in [0.717, 1.165) is 15.1 Å². The Kier molecular flexibility index (Phi) is 5.57. The van der Waals surface area contributed by atoms with Gasteiger partial charge in [0.2, 0.25) is 0 Å². The monoisotopic (exact) mass is 375 g/mol. The van der Waals surface area contributed by atoms with Crippen LogP contribution < -0.4 is 10.5 Å². The minimum Gasteiger partial charge on any atom is -0.492 e. The SMILES string of the molecule is Nc1ccc(SCCOc2ccc(Cl)cc2Br)cc1F. The Morgan fingerprint density at radius 2 is 2.05 bits per heavy atom. The van der Waals surface area contributed by atoms with E-state index in [-0.39, 0.29) is 5.69 Å². The van der Waals surface area contributed by atoms with E-state index < -0.39 is 5.82 Å². The molecule has 2 N–H and O–H groups in total. The van der Waals surface area contributed by atoms with Gasteiger partial charge in [-0.25, -0.2) is 4.39 Å². The summed E-state index contributed by atoms with van der Waals surface area (Å²) in [6.45, 7) is 0.511. The van der Waals surface area contributed by atoms with Gasteiger partial charge in [0.15, 0.2) is 0 Å². The Morgan fingerprint density at radius 1 is 1.25 bits per heavy atom. The summed E-state index contributed by atoms with van der Waals surface area (Å²) in [5.41, 5.74) is 5.59.